The summed E-state index contributed by atoms with van der Waals surface area (Å²) in [4.78, 5) is 11.4. The fraction of sp³-hybridized carbons (Fsp3) is 0.143. The van der Waals surface area contributed by atoms with Crippen molar-refractivity contribution in [3.63, 3.8) is 0 Å². The van der Waals surface area contributed by atoms with Crippen molar-refractivity contribution >= 4 is 33.0 Å². The normalized spacial score (nSPS) is 9.81. The minimum absolute atomic E-state index is 0.0202. The number of hydrogen-bond donors (Lipinski definition) is 1. The molecule has 21 heavy (non-hydrogen) atoms. The fourth-order valence-corrected chi connectivity index (χ4v) is 2.83. The molecule has 0 bridgehead atoms. The van der Waals surface area contributed by atoms with E-state index in [-0.39, 0.29) is 5.69 Å². The second-order valence-corrected chi connectivity index (χ2v) is 5.73. The molecular weight excluding hydrogens is 356 g/mol. The summed E-state index contributed by atoms with van der Waals surface area (Å²) >= 11 is 4.71. The van der Waals surface area contributed by atoms with Gasteiger partial charge in [-0.05, 0) is 28.1 Å². The van der Waals surface area contributed by atoms with Crippen LogP contribution in [0.25, 0.3) is 0 Å². The van der Waals surface area contributed by atoms with Gasteiger partial charge in [0.05, 0.1) is 11.5 Å². The van der Waals surface area contributed by atoms with Gasteiger partial charge in [-0.15, -0.1) is 11.3 Å². The van der Waals surface area contributed by atoms with Crippen molar-refractivity contribution in [2.75, 3.05) is 6.54 Å². The van der Waals surface area contributed by atoms with Gasteiger partial charge in [-0.2, -0.15) is 0 Å². The molecule has 2 rings (SSSR count). The summed E-state index contributed by atoms with van der Waals surface area (Å²) in [6.07, 6.45) is 0. The number of hydrogen-bond acceptors (Lipinski definition) is 5. The van der Waals surface area contributed by atoms with Crippen LogP contribution >= 0.6 is 27.3 Å². The Morgan fingerprint density at radius 3 is 3.00 bits per heavy atom. The van der Waals surface area contributed by atoms with Crippen molar-refractivity contribution in [2.45, 2.75) is 6.61 Å². The van der Waals surface area contributed by atoms with Crippen LogP contribution in [0.3, 0.4) is 0 Å². The van der Waals surface area contributed by atoms with E-state index in [4.69, 9.17) is 10.5 Å². The molecule has 0 aliphatic heterocycles. The standard InChI is InChI=1S/C14H11BrN2O3S/c15-14-12(17(18)19)4-1-5-13(14)20-8-11-7-10(9-21-11)3-2-6-16/h1,4-5,7,9H,6,8,16H2. The van der Waals surface area contributed by atoms with Gasteiger partial charge in [-0.1, -0.05) is 17.9 Å². The molecule has 0 unspecified atom stereocenters. The Morgan fingerprint density at radius 1 is 1.48 bits per heavy atom. The third-order valence-electron chi connectivity index (χ3n) is 2.50. The summed E-state index contributed by atoms with van der Waals surface area (Å²) in [5, 5.41) is 12.8. The predicted molar refractivity (Wildman–Crippen MR) is 85.4 cm³/mol. The van der Waals surface area contributed by atoms with Gasteiger partial charge in [0, 0.05) is 21.9 Å². The van der Waals surface area contributed by atoms with Gasteiger partial charge in [0.2, 0.25) is 0 Å². The number of thiophene rings is 1. The summed E-state index contributed by atoms with van der Waals surface area (Å²) in [5.41, 5.74) is 6.19. The molecule has 1 aromatic carbocycles. The van der Waals surface area contributed by atoms with E-state index in [0.717, 1.165) is 10.4 Å². The molecule has 0 aliphatic rings. The summed E-state index contributed by atoms with van der Waals surface area (Å²) in [5.74, 6) is 6.16. The molecule has 2 aromatic rings. The molecule has 0 amide bonds. The summed E-state index contributed by atoms with van der Waals surface area (Å²) in [6, 6.07) is 6.60. The van der Waals surface area contributed by atoms with Crippen LogP contribution < -0.4 is 10.5 Å². The Balaban J connectivity index is 2.08. The first-order chi connectivity index (χ1) is 10.1. The van der Waals surface area contributed by atoms with Crippen molar-refractivity contribution < 1.29 is 9.66 Å². The lowest BCUT2D eigenvalue weighted by Crippen LogP contribution is -1.96. The van der Waals surface area contributed by atoms with Gasteiger partial charge in [-0.25, -0.2) is 0 Å². The van der Waals surface area contributed by atoms with Crippen LogP contribution in [0.1, 0.15) is 10.4 Å². The molecule has 0 saturated heterocycles. The van der Waals surface area contributed by atoms with E-state index in [1.807, 2.05) is 11.4 Å². The molecule has 0 spiro atoms. The first-order valence-corrected chi connectivity index (χ1v) is 7.61. The third kappa shape index (κ3) is 4.04. The zero-order chi connectivity index (χ0) is 15.2. The van der Waals surface area contributed by atoms with Crippen LogP contribution in [0.5, 0.6) is 5.75 Å². The zero-order valence-corrected chi connectivity index (χ0v) is 13.2. The van der Waals surface area contributed by atoms with E-state index in [9.17, 15) is 10.1 Å². The maximum absolute atomic E-state index is 10.8. The number of nitro groups is 1. The highest BCUT2D eigenvalue weighted by Crippen LogP contribution is 2.34. The molecule has 5 nitrogen and oxygen atoms in total. The molecule has 0 aliphatic carbocycles. The molecular formula is C14H11BrN2O3S. The van der Waals surface area contributed by atoms with Gasteiger partial charge in [0.1, 0.15) is 16.8 Å². The Hall–Kier alpha value is -1.88. The van der Waals surface area contributed by atoms with Crippen molar-refractivity contribution in [1.29, 1.82) is 0 Å². The number of halogens is 1. The number of ether oxygens (including phenoxy) is 1. The molecule has 0 atom stereocenters. The molecule has 0 saturated carbocycles. The van der Waals surface area contributed by atoms with Crippen molar-refractivity contribution in [3.8, 4) is 17.6 Å². The van der Waals surface area contributed by atoms with Crippen LogP contribution in [0, 0.1) is 22.0 Å². The van der Waals surface area contributed by atoms with Crippen LogP contribution in [0.2, 0.25) is 0 Å². The summed E-state index contributed by atoms with van der Waals surface area (Å²) < 4.78 is 5.96. The van der Waals surface area contributed by atoms with Crippen molar-refractivity contribution in [3.05, 3.63) is 54.7 Å². The van der Waals surface area contributed by atoms with Crippen molar-refractivity contribution in [2.24, 2.45) is 5.73 Å². The highest BCUT2D eigenvalue weighted by atomic mass is 79.9. The number of rotatable bonds is 4. The van der Waals surface area contributed by atoms with Crippen LogP contribution in [-0.2, 0) is 6.61 Å². The summed E-state index contributed by atoms with van der Waals surface area (Å²) in [7, 11) is 0. The largest absolute Gasteiger partial charge is 0.487 e. The van der Waals surface area contributed by atoms with Gasteiger partial charge < -0.3 is 10.5 Å². The lowest BCUT2D eigenvalue weighted by Gasteiger charge is -2.06. The average molecular weight is 367 g/mol. The lowest BCUT2D eigenvalue weighted by atomic mass is 10.3. The van der Waals surface area contributed by atoms with E-state index in [2.05, 4.69) is 27.8 Å². The van der Waals surface area contributed by atoms with E-state index in [1.165, 1.54) is 17.4 Å². The van der Waals surface area contributed by atoms with E-state index in [0.29, 0.717) is 23.4 Å². The Kier molecular flexibility index (Phi) is 5.33. The first kappa shape index (κ1) is 15.5. The summed E-state index contributed by atoms with van der Waals surface area (Å²) in [6.45, 7) is 0.650. The maximum Gasteiger partial charge on any atom is 0.287 e. The Bertz CT molecular complexity index is 718. The fourth-order valence-electron chi connectivity index (χ4n) is 1.58. The predicted octanol–water partition coefficient (Wildman–Crippen LogP) is 3.31. The van der Waals surface area contributed by atoms with E-state index >= 15 is 0 Å². The highest BCUT2D eigenvalue weighted by molar-refractivity contribution is 9.10. The van der Waals surface area contributed by atoms with Gasteiger partial charge in [-0.3, -0.25) is 10.1 Å². The second kappa shape index (κ2) is 7.22. The number of nitrogens with zero attached hydrogens (tertiary/aromatic N) is 1. The van der Waals surface area contributed by atoms with Gasteiger partial charge in [0.25, 0.3) is 5.69 Å². The first-order valence-electron chi connectivity index (χ1n) is 5.94. The molecule has 1 aromatic heterocycles. The van der Waals surface area contributed by atoms with Crippen LogP contribution in [0.4, 0.5) is 5.69 Å². The number of nitro benzene ring substituents is 1. The van der Waals surface area contributed by atoms with E-state index in [1.54, 1.807) is 12.1 Å². The SMILES string of the molecule is NCC#Cc1csc(COc2cccc([N+](=O)[O-])c2Br)c1. The molecule has 108 valence electrons. The maximum atomic E-state index is 10.8. The molecule has 0 fully saturated rings. The zero-order valence-electron chi connectivity index (χ0n) is 10.8. The lowest BCUT2D eigenvalue weighted by molar-refractivity contribution is -0.385. The minimum Gasteiger partial charge on any atom is -0.487 e. The Morgan fingerprint density at radius 2 is 2.29 bits per heavy atom. The Labute approximate surface area is 134 Å². The quantitative estimate of drug-likeness (QED) is 0.511. The minimum atomic E-state index is -0.456. The third-order valence-corrected chi connectivity index (χ3v) is 4.21. The van der Waals surface area contributed by atoms with Crippen LogP contribution in [0.15, 0.2) is 34.1 Å². The topological polar surface area (TPSA) is 78.4 Å². The number of benzene rings is 1. The molecule has 7 heteroatoms. The van der Waals surface area contributed by atoms with E-state index < -0.39 is 4.92 Å². The highest BCUT2D eigenvalue weighted by Gasteiger charge is 2.15. The molecule has 2 N–H and O–H groups in total. The monoisotopic (exact) mass is 366 g/mol. The molecule has 1 heterocycles. The van der Waals surface area contributed by atoms with Crippen LogP contribution in [-0.4, -0.2) is 11.5 Å². The van der Waals surface area contributed by atoms with Gasteiger partial charge in [0.15, 0.2) is 0 Å². The number of nitrogens with two attached hydrogens (primary N) is 1. The molecule has 0 radical (unpaired) electrons. The average Bonchev–Trinajstić information content (AvgIpc) is 2.91. The van der Waals surface area contributed by atoms with Gasteiger partial charge >= 0.3 is 0 Å². The van der Waals surface area contributed by atoms with Crippen molar-refractivity contribution in [1.82, 2.24) is 0 Å². The second-order valence-electron chi connectivity index (χ2n) is 3.94. The smallest absolute Gasteiger partial charge is 0.287 e.